The fourth-order valence-electron chi connectivity index (χ4n) is 1.22. The van der Waals surface area contributed by atoms with Crippen LogP contribution in [0.15, 0.2) is 0 Å². The lowest BCUT2D eigenvalue weighted by Crippen LogP contribution is -1.83. The molecule has 0 saturated heterocycles. The standard InChI is InChI=1S/C9H12N4O/c1-4-5(2)11-7(10-4)8-12-6(3)9(14)13-8/h14H,1-3H3,(H,10,11)(H,12,13). The van der Waals surface area contributed by atoms with Crippen LogP contribution in [-0.4, -0.2) is 25.0 Å². The van der Waals surface area contributed by atoms with E-state index in [1.807, 2.05) is 13.8 Å². The van der Waals surface area contributed by atoms with Crippen molar-refractivity contribution in [2.45, 2.75) is 20.8 Å². The summed E-state index contributed by atoms with van der Waals surface area (Å²) in [6.07, 6.45) is 0. The number of aromatic nitrogens is 4. The number of hydrogen-bond acceptors (Lipinski definition) is 3. The van der Waals surface area contributed by atoms with E-state index < -0.39 is 0 Å². The van der Waals surface area contributed by atoms with Gasteiger partial charge in [-0.3, -0.25) is 0 Å². The number of nitrogens with zero attached hydrogens (tertiary/aromatic N) is 2. The van der Waals surface area contributed by atoms with Crippen LogP contribution in [0.3, 0.4) is 0 Å². The third-order valence-corrected chi connectivity index (χ3v) is 2.21. The maximum absolute atomic E-state index is 9.29. The van der Waals surface area contributed by atoms with Crippen LogP contribution in [0.5, 0.6) is 5.88 Å². The first-order valence-corrected chi connectivity index (χ1v) is 4.37. The molecule has 0 saturated carbocycles. The fourth-order valence-corrected chi connectivity index (χ4v) is 1.22. The number of imidazole rings is 2. The molecule has 5 heteroatoms. The van der Waals surface area contributed by atoms with E-state index in [1.54, 1.807) is 6.92 Å². The first-order chi connectivity index (χ1) is 6.58. The molecule has 2 aromatic rings. The van der Waals surface area contributed by atoms with Gasteiger partial charge in [0.05, 0.1) is 11.4 Å². The van der Waals surface area contributed by atoms with Crippen molar-refractivity contribution >= 4 is 0 Å². The van der Waals surface area contributed by atoms with Gasteiger partial charge in [0.15, 0.2) is 11.6 Å². The predicted octanol–water partition coefficient (Wildman–Crippen LogP) is 1.43. The molecule has 0 amide bonds. The molecule has 0 unspecified atom stereocenters. The highest BCUT2D eigenvalue weighted by atomic mass is 16.3. The van der Waals surface area contributed by atoms with Crippen LogP contribution in [0.1, 0.15) is 17.1 Å². The Balaban J connectivity index is 2.49. The SMILES string of the molecule is Cc1nc(-c2nc(O)c(C)[nH]2)[nH]c1C. The van der Waals surface area contributed by atoms with Crippen LogP contribution in [0.25, 0.3) is 11.6 Å². The van der Waals surface area contributed by atoms with Gasteiger partial charge in [-0.25, -0.2) is 4.98 Å². The lowest BCUT2D eigenvalue weighted by Gasteiger charge is -1.87. The zero-order valence-corrected chi connectivity index (χ0v) is 8.34. The molecule has 0 aliphatic carbocycles. The van der Waals surface area contributed by atoms with E-state index >= 15 is 0 Å². The number of hydrogen-bond donors (Lipinski definition) is 3. The second-order valence-corrected chi connectivity index (χ2v) is 3.33. The molecule has 0 atom stereocenters. The summed E-state index contributed by atoms with van der Waals surface area (Å²) in [5.74, 6) is 1.24. The largest absolute Gasteiger partial charge is 0.492 e. The normalized spacial score (nSPS) is 10.8. The van der Waals surface area contributed by atoms with Gasteiger partial charge in [0, 0.05) is 5.69 Å². The summed E-state index contributed by atoms with van der Waals surface area (Å²) in [7, 11) is 0. The van der Waals surface area contributed by atoms with E-state index in [1.165, 1.54) is 0 Å². The Morgan fingerprint density at radius 3 is 1.93 bits per heavy atom. The van der Waals surface area contributed by atoms with Gasteiger partial charge < -0.3 is 15.1 Å². The zero-order valence-electron chi connectivity index (χ0n) is 8.34. The van der Waals surface area contributed by atoms with Crippen LogP contribution in [0.4, 0.5) is 0 Å². The van der Waals surface area contributed by atoms with Gasteiger partial charge in [0.2, 0.25) is 5.88 Å². The highest BCUT2D eigenvalue weighted by molar-refractivity contribution is 5.47. The first kappa shape index (κ1) is 8.80. The lowest BCUT2D eigenvalue weighted by atomic mass is 10.4. The number of rotatable bonds is 1. The monoisotopic (exact) mass is 192 g/mol. The predicted molar refractivity (Wildman–Crippen MR) is 52.0 cm³/mol. The van der Waals surface area contributed by atoms with E-state index in [4.69, 9.17) is 0 Å². The van der Waals surface area contributed by atoms with Crippen molar-refractivity contribution in [3.05, 3.63) is 17.1 Å². The van der Waals surface area contributed by atoms with E-state index in [-0.39, 0.29) is 5.88 Å². The topological polar surface area (TPSA) is 77.6 Å². The summed E-state index contributed by atoms with van der Waals surface area (Å²) in [4.78, 5) is 14.2. The Kier molecular flexibility index (Phi) is 1.80. The average molecular weight is 192 g/mol. The Bertz CT molecular complexity index is 386. The molecule has 2 aromatic heterocycles. The molecule has 3 N–H and O–H groups in total. The number of aryl methyl sites for hydroxylation is 3. The quantitative estimate of drug-likeness (QED) is 0.639. The van der Waals surface area contributed by atoms with Crippen LogP contribution in [-0.2, 0) is 0 Å². The molecule has 0 fully saturated rings. The lowest BCUT2D eigenvalue weighted by molar-refractivity contribution is 0.452. The molecule has 0 bridgehead atoms. The van der Waals surface area contributed by atoms with E-state index in [9.17, 15) is 5.11 Å². The minimum Gasteiger partial charge on any atom is -0.492 e. The van der Waals surface area contributed by atoms with Crippen LogP contribution in [0.2, 0.25) is 0 Å². The molecule has 2 heterocycles. The van der Waals surface area contributed by atoms with Crippen molar-refractivity contribution in [2.75, 3.05) is 0 Å². The highest BCUT2D eigenvalue weighted by Gasteiger charge is 2.11. The zero-order chi connectivity index (χ0) is 10.3. The van der Waals surface area contributed by atoms with E-state index in [0.717, 1.165) is 11.4 Å². The molecule has 0 aromatic carbocycles. The molecule has 5 nitrogen and oxygen atoms in total. The van der Waals surface area contributed by atoms with Gasteiger partial charge in [-0.05, 0) is 20.8 Å². The molecule has 0 aliphatic rings. The van der Waals surface area contributed by atoms with Crippen molar-refractivity contribution in [1.82, 2.24) is 19.9 Å². The van der Waals surface area contributed by atoms with Crippen molar-refractivity contribution in [1.29, 1.82) is 0 Å². The van der Waals surface area contributed by atoms with Crippen molar-refractivity contribution in [3.63, 3.8) is 0 Å². The Hall–Kier alpha value is -1.78. The minimum atomic E-state index is 0.0201. The number of aromatic hydroxyl groups is 1. The van der Waals surface area contributed by atoms with Gasteiger partial charge in [-0.2, -0.15) is 4.98 Å². The number of aromatic amines is 2. The van der Waals surface area contributed by atoms with Crippen LogP contribution >= 0.6 is 0 Å². The second kappa shape index (κ2) is 2.87. The second-order valence-electron chi connectivity index (χ2n) is 3.33. The number of nitrogens with one attached hydrogen (secondary N) is 2. The molecule has 2 rings (SSSR count). The highest BCUT2D eigenvalue weighted by Crippen LogP contribution is 2.19. The fraction of sp³-hybridized carbons (Fsp3) is 0.333. The maximum atomic E-state index is 9.29. The molecule has 0 aliphatic heterocycles. The summed E-state index contributed by atoms with van der Waals surface area (Å²) in [6, 6.07) is 0. The van der Waals surface area contributed by atoms with Crippen molar-refractivity contribution < 1.29 is 5.11 Å². The Labute approximate surface area is 81.2 Å². The molecular weight excluding hydrogens is 180 g/mol. The average Bonchev–Trinajstić information content (AvgIpc) is 2.60. The molecule has 0 spiro atoms. The van der Waals surface area contributed by atoms with Gasteiger partial charge in [-0.15, -0.1) is 0 Å². The Morgan fingerprint density at radius 2 is 1.50 bits per heavy atom. The van der Waals surface area contributed by atoms with E-state index in [0.29, 0.717) is 17.3 Å². The Morgan fingerprint density at radius 1 is 0.929 bits per heavy atom. The van der Waals surface area contributed by atoms with Crippen LogP contribution in [0, 0.1) is 20.8 Å². The van der Waals surface area contributed by atoms with Crippen molar-refractivity contribution in [2.24, 2.45) is 0 Å². The van der Waals surface area contributed by atoms with E-state index in [2.05, 4.69) is 19.9 Å². The minimum absolute atomic E-state index is 0.0201. The van der Waals surface area contributed by atoms with Gasteiger partial charge in [-0.1, -0.05) is 0 Å². The third kappa shape index (κ3) is 1.26. The summed E-state index contributed by atoms with van der Waals surface area (Å²) < 4.78 is 0. The number of H-pyrrole nitrogens is 2. The van der Waals surface area contributed by atoms with Crippen molar-refractivity contribution in [3.8, 4) is 17.5 Å². The third-order valence-electron chi connectivity index (χ3n) is 2.21. The maximum Gasteiger partial charge on any atom is 0.232 e. The van der Waals surface area contributed by atoms with Crippen LogP contribution < -0.4 is 0 Å². The molecule has 74 valence electrons. The van der Waals surface area contributed by atoms with Gasteiger partial charge in [0.1, 0.15) is 0 Å². The molecular formula is C9H12N4O. The van der Waals surface area contributed by atoms with Gasteiger partial charge in [0.25, 0.3) is 0 Å². The smallest absolute Gasteiger partial charge is 0.232 e. The molecule has 14 heavy (non-hydrogen) atoms. The first-order valence-electron chi connectivity index (χ1n) is 4.37. The summed E-state index contributed by atoms with van der Waals surface area (Å²) in [5, 5.41) is 9.29. The summed E-state index contributed by atoms with van der Waals surface area (Å²) in [6.45, 7) is 5.63. The summed E-state index contributed by atoms with van der Waals surface area (Å²) in [5.41, 5.74) is 2.59. The molecule has 0 radical (unpaired) electrons. The van der Waals surface area contributed by atoms with Gasteiger partial charge >= 0.3 is 0 Å². The summed E-state index contributed by atoms with van der Waals surface area (Å²) >= 11 is 0.